The van der Waals surface area contributed by atoms with Crippen LogP contribution in [-0.2, 0) is 0 Å². The Bertz CT molecular complexity index is 755. The summed E-state index contributed by atoms with van der Waals surface area (Å²) < 4.78 is 0. The van der Waals surface area contributed by atoms with Gasteiger partial charge in [-0.1, -0.05) is 79.8 Å². The van der Waals surface area contributed by atoms with Gasteiger partial charge in [0.25, 0.3) is 0 Å². The van der Waals surface area contributed by atoms with Crippen molar-refractivity contribution in [3.8, 4) is 0 Å². The van der Waals surface area contributed by atoms with Crippen molar-refractivity contribution in [3.05, 3.63) is 77.9 Å². The predicted octanol–water partition coefficient (Wildman–Crippen LogP) is 5.47. The molecule has 0 heteroatoms. The first-order valence-corrected chi connectivity index (χ1v) is 7.32. The van der Waals surface area contributed by atoms with Gasteiger partial charge in [0.05, 0.1) is 0 Å². The third kappa shape index (κ3) is 1.61. The maximum Gasteiger partial charge on any atom is 0.0119 e. The lowest BCUT2D eigenvalue weighted by molar-refractivity contribution is 0.384. The van der Waals surface area contributed by atoms with E-state index in [1.54, 1.807) is 0 Å². The van der Waals surface area contributed by atoms with Gasteiger partial charge < -0.3 is 0 Å². The van der Waals surface area contributed by atoms with E-state index in [2.05, 4.69) is 79.8 Å². The van der Waals surface area contributed by atoms with Crippen LogP contribution in [0.5, 0.6) is 0 Å². The summed E-state index contributed by atoms with van der Waals surface area (Å²) in [6, 6.07) is 13.3. The number of rotatable bonds is 1. The lowest BCUT2D eigenvalue weighted by Crippen LogP contribution is -2.24. The molecule has 0 amide bonds. The van der Waals surface area contributed by atoms with Crippen molar-refractivity contribution in [2.45, 2.75) is 19.3 Å². The van der Waals surface area contributed by atoms with Crippen molar-refractivity contribution in [2.24, 2.45) is 5.41 Å². The third-order valence-electron chi connectivity index (χ3n) is 4.76. The van der Waals surface area contributed by atoms with E-state index >= 15 is 0 Å². The summed E-state index contributed by atoms with van der Waals surface area (Å²) in [5, 5.41) is 2.79. The Morgan fingerprint density at radius 1 is 1.05 bits per heavy atom. The molecule has 2 atom stereocenters. The Morgan fingerprint density at radius 3 is 2.70 bits per heavy atom. The minimum Gasteiger partial charge on any atom is -0.0837 e. The maximum absolute atomic E-state index is 2.39. The topological polar surface area (TPSA) is 0 Å². The van der Waals surface area contributed by atoms with E-state index in [4.69, 9.17) is 0 Å². The molecule has 0 heterocycles. The summed E-state index contributed by atoms with van der Waals surface area (Å²) in [5.74, 6) is 0.460. The summed E-state index contributed by atoms with van der Waals surface area (Å²) in [6.07, 6.45) is 14.8. The van der Waals surface area contributed by atoms with E-state index in [1.807, 2.05) is 0 Å². The molecular formula is C20H18. The van der Waals surface area contributed by atoms with Crippen LogP contribution < -0.4 is 0 Å². The van der Waals surface area contributed by atoms with Gasteiger partial charge in [-0.15, -0.1) is 0 Å². The van der Waals surface area contributed by atoms with Gasteiger partial charge in [-0.25, -0.2) is 0 Å². The third-order valence-corrected chi connectivity index (χ3v) is 4.76. The van der Waals surface area contributed by atoms with E-state index in [0.29, 0.717) is 5.92 Å². The van der Waals surface area contributed by atoms with Gasteiger partial charge in [0.2, 0.25) is 0 Å². The molecule has 2 unspecified atom stereocenters. The first-order chi connectivity index (χ1) is 9.78. The highest BCUT2D eigenvalue weighted by Crippen LogP contribution is 2.47. The molecule has 0 nitrogen and oxygen atoms in total. The highest BCUT2D eigenvalue weighted by molar-refractivity contribution is 5.95. The second kappa shape index (κ2) is 4.21. The lowest BCUT2D eigenvalue weighted by Gasteiger charge is -2.36. The van der Waals surface area contributed by atoms with Crippen LogP contribution in [0.4, 0.5) is 0 Å². The van der Waals surface area contributed by atoms with Crippen LogP contribution >= 0.6 is 0 Å². The minimum atomic E-state index is 0.188. The van der Waals surface area contributed by atoms with Crippen LogP contribution in [0.25, 0.3) is 16.8 Å². The normalized spacial score (nSPS) is 27.1. The van der Waals surface area contributed by atoms with Crippen LogP contribution in [-0.4, -0.2) is 0 Å². The van der Waals surface area contributed by atoms with Crippen molar-refractivity contribution >= 4 is 16.8 Å². The van der Waals surface area contributed by atoms with Gasteiger partial charge in [-0.3, -0.25) is 0 Å². The van der Waals surface area contributed by atoms with E-state index in [0.717, 1.165) is 6.42 Å². The van der Waals surface area contributed by atoms with Crippen LogP contribution in [0.3, 0.4) is 0 Å². The number of hydrogen-bond donors (Lipinski definition) is 0. The highest BCUT2D eigenvalue weighted by Gasteiger charge is 2.33. The zero-order chi connectivity index (χ0) is 13.6. The summed E-state index contributed by atoms with van der Waals surface area (Å²) in [7, 11) is 0. The molecule has 0 N–H and O–H groups in total. The zero-order valence-corrected chi connectivity index (χ0v) is 11.7. The van der Waals surface area contributed by atoms with Gasteiger partial charge >= 0.3 is 0 Å². The Kier molecular flexibility index (Phi) is 2.47. The zero-order valence-electron chi connectivity index (χ0n) is 11.7. The molecule has 4 rings (SSSR count). The molecule has 0 saturated carbocycles. The quantitative estimate of drug-likeness (QED) is 0.636. The summed E-state index contributed by atoms with van der Waals surface area (Å²) in [6.45, 7) is 2.37. The molecule has 20 heavy (non-hydrogen) atoms. The Hall–Kier alpha value is -2.08. The molecule has 98 valence electrons. The Balaban J connectivity index is 1.94. The SMILES string of the molecule is CC1(C2C=Cc3cccc4cccc2c34)C=CC=CC1. The molecule has 0 aromatic heterocycles. The molecule has 0 aliphatic heterocycles. The fourth-order valence-corrected chi connectivity index (χ4v) is 3.65. The second-order valence-electron chi connectivity index (χ2n) is 6.13. The van der Waals surface area contributed by atoms with E-state index in [1.165, 1.54) is 21.9 Å². The predicted molar refractivity (Wildman–Crippen MR) is 86.7 cm³/mol. The van der Waals surface area contributed by atoms with E-state index < -0.39 is 0 Å². The minimum absolute atomic E-state index is 0.188. The molecule has 0 saturated heterocycles. The second-order valence-corrected chi connectivity index (χ2v) is 6.13. The number of allylic oxidation sites excluding steroid dienone is 5. The summed E-state index contributed by atoms with van der Waals surface area (Å²) >= 11 is 0. The Labute approximate surface area is 120 Å². The van der Waals surface area contributed by atoms with Gasteiger partial charge in [0.15, 0.2) is 0 Å². The van der Waals surface area contributed by atoms with Crippen molar-refractivity contribution < 1.29 is 0 Å². The summed E-state index contributed by atoms with van der Waals surface area (Å²) in [5.41, 5.74) is 3.02. The van der Waals surface area contributed by atoms with Crippen LogP contribution in [0.2, 0.25) is 0 Å². The fourth-order valence-electron chi connectivity index (χ4n) is 3.65. The maximum atomic E-state index is 2.39. The summed E-state index contributed by atoms with van der Waals surface area (Å²) in [4.78, 5) is 0. The standard InChI is InChI=1S/C20H18/c1-20(13-3-2-4-14-20)18-12-11-16-8-5-7-15-9-6-10-17(18)19(15)16/h2-13,18H,14H2,1H3. The first-order valence-electron chi connectivity index (χ1n) is 7.32. The number of hydrogen-bond acceptors (Lipinski definition) is 0. The molecule has 2 aromatic carbocycles. The lowest BCUT2D eigenvalue weighted by atomic mass is 9.67. The first kappa shape index (κ1) is 11.7. The average molecular weight is 258 g/mol. The van der Waals surface area contributed by atoms with Crippen molar-refractivity contribution in [3.63, 3.8) is 0 Å². The van der Waals surface area contributed by atoms with Crippen LogP contribution in [0.1, 0.15) is 30.4 Å². The van der Waals surface area contributed by atoms with Crippen molar-refractivity contribution in [2.75, 3.05) is 0 Å². The van der Waals surface area contributed by atoms with Gasteiger partial charge in [0.1, 0.15) is 0 Å². The van der Waals surface area contributed by atoms with Crippen LogP contribution in [0.15, 0.2) is 66.8 Å². The molecule has 2 aromatic rings. The average Bonchev–Trinajstić information content (AvgIpc) is 2.49. The highest BCUT2D eigenvalue weighted by atomic mass is 14.4. The largest absolute Gasteiger partial charge is 0.0837 e. The molecular weight excluding hydrogens is 240 g/mol. The van der Waals surface area contributed by atoms with Crippen molar-refractivity contribution in [1.82, 2.24) is 0 Å². The van der Waals surface area contributed by atoms with Crippen molar-refractivity contribution in [1.29, 1.82) is 0 Å². The number of benzene rings is 2. The monoisotopic (exact) mass is 258 g/mol. The van der Waals surface area contributed by atoms with E-state index in [-0.39, 0.29) is 5.41 Å². The van der Waals surface area contributed by atoms with Gasteiger partial charge in [0, 0.05) is 5.92 Å². The van der Waals surface area contributed by atoms with E-state index in [9.17, 15) is 0 Å². The smallest absolute Gasteiger partial charge is 0.0119 e. The molecule has 2 aliphatic rings. The molecule has 0 bridgehead atoms. The molecule has 0 fully saturated rings. The van der Waals surface area contributed by atoms with Gasteiger partial charge in [-0.05, 0) is 33.7 Å². The Morgan fingerprint density at radius 2 is 1.90 bits per heavy atom. The van der Waals surface area contributed by atoms with Crippen LogP contribution in [0, 0.1) is 5.41 Å². The fraction of sp³-hybridized carbons (Fsp3) is 0.200. The molecule has 0 spiro atoms. The van der Waals surface area contributed by atoms with Gasteiger partial charge in [-0.2, -0.15) is 0 Å². The molecule has 2 aliphatic carbocycles. The molecule has 0 radical (unpaired) electrons.